The molecule has 2 aromatic carbocycles. The van der Waals surface area contributed by atoms with Crippen LogP contribution in [0, 0.1) is 0 Å². The van der Waals surface area contributed by atoms with Crippen molar-refractivity contribution in [3.63, 3.8) is 0 Å². The van der Waals surface area contributed by atoms with Gasteiger partial charge in [0.1, 0.15) is 13.2 Å². The van der Waals surface area contributed by atoms with Crippen molar-refractivity contribution in [2.24, 2.45) is 0 Å². The maximum absolute atomic E-state index is 12.4. The van der Waals surface area contributed by atoms with E-state index in [-0.39, 0.29) is 11.5 Å². The van der Waals surface area contributed by atoms with Crippen molar-refractivity contribution in [2.45, 2.75) is 19.8 Å². The minimum atomic E-state index is -0.650. The number of nitrogens with one attached hydrogen (secondary N) is 1. The largest absolute Gasteiger partial charge is 0.493 e. The summed E-state index contributed by atoms with van der Waals surface area (Å²) in [7, 11) is 1.47. The molecule has 0 saturated heterocycles. The van der Waals surface area contributed by atoms with Crippen LogP contribution >= 0.6 is 0 Å². The number of esters is 1. The molecule has 0 aromatic heterocycles. The molecule has 0 unspecified atom stereocenters. The van der Waals surface area contributed by atoms with Gasteiger partial charge in [0, 0.05) is 5.69 Å². The third-order valence-electron chi connectivity index (χ3n) is 4.25. The average molecular weight is 385 g/mol. The Labute approximate surface area is 163 Å². The Kier molecular flexibility index (Phi) is 6.03. The zero-order valence-electron chi connectivity index (χ0n) is 16.1. The van der Waals surface area contributed by atoms with Crippen LogP contribution in [-0.4, -0.2) is 38.8 Å². The minimum absolute atomic E-state index is 0.219. The lowest BCUT2D eigenvalue weighted by Crippen LogP contribution is -2.22. The summed E-state index contributed by atoms with van der Waals surface area (Å²) < 4.78 is 21.4. The highest BCUT2D eigenvalue weighted by Gasteiger charge is 2.22. The molecule has 1 N–H and O–H groups in total. The second-order valence-corrected chi connectivity index (χ2v) is 6.57. The fourth-order valence-electron chi connectivity index (χ4n) is 2.91. The highest BCUT2D eigenvalue weighted by Crippen LogP contribution is 2.40. The second kappa shape index (κ2) is 8.65. The Morgan fingerprint density at radius 2 is 1.89 bits per heavy atom. The van der Waals surface area contributed by atoms with Gasteiger partial charge in [0.2, 0.25) is 5.75 Å². The molecular formula is C21H23NO6. The van der Waals surface area contributed by atoms with E-state index in [1.54, 1.807) is 0 Å². The smallest absolute Gasteiger partial charge is 0.338 e. The van der Waals surface area contributed by atoms with E-state index in [4.69, 9.17) is 18.9 Å². The SMILES string of the molecule is COc1cc(C(=O)OCC(=O)Nc2ccccc2C(C)C)cc2c1OCCO2. The van der Waals surface area contributed by atoms with E-state index >= 15 is 0 Å². The molecule has 7 heteroatoms. The van der Waals surface area contributed by atoms with Crippen molar-refractivity contribution in [1.29, 1.82) is 0 Å². The molecule has 2 aromatic rings. The third kappa shape index (κ3) is 4.36. The molecular weight excluding hydrogens is 362 g/mol. The van der Waals surface area contributed by atoms with Gasteiger partial charge in [-0.1, -0.05) is 32.0 Å². The minimum Gasteiger partial charge on any atom is -0.493 e. The molecule has 0 saturated carbocycles. The van der Waals surface area contributed by atoms with Crippen molar-refractivity contribution >= 4 is 17.6 Å². The van der Waals surface area contributed by atoms with Crippen LogP contribution in [0.2, 0.25) is 0 Å². The fraction of sp³-hybridized carbons (Fsp3) is 0.333. The molecule has 148 valence electrons. The second-order valence-electron chi connectivity index (χ2n) is 6.57. The summed E-state index contributed by atoms with van der Waals surface area (Å²) in [6.07, 6.45) is 0. The molecule has 1 aliphatic heterocycles. The Hall–Kier alpha value is -3.22. The molecule has 1 heterocycles. The van der Waals surface area contributed by atoms with Crippen LogP contribution in [0.3, 0.4) is 0 Å². The summed E-state index contributed by atoms with van der Waals surface area (Å²) in [5.41, 5.74) is 1.94. The Bertz CT molecular complexity index is 860. The molecule has 0 bridgehead atoms. The van der Waals surface area contributed by atoms with Gasteiger partial charge in [-0.3, -0.25) is 4.79 Å². The summed E-state index contributed by atoms with van der Waals surface area (Å²) in [6, 6.07) is 10.6. The maximum Gasteiger partial charge on any atom is 0.338 e. The summed E-state index contributed by atoms with van der Waals surface area (Å²) in [6.45, 7) is 4.47. The Balaban J connectivity index is 1.65. The Morgan fingerprint density at radius 3 is 2.64 bits per heavy atom. The van der Waals surface area contributed by atoms with Gasteiger partial charge < -0.3 is 24.3 Å². The van der Waals surface area contributed by atoms with Crippen molar-refractivity contribution in [3.05, 3.63) is 47.5 Å². The van der Waals surface area contributed by atoms with Gasteiger partial charge in [0.05, 0.1) is 12.7 Å². The number of carbonyl (C=O) groups excluding carboxylic acids is 2. The lowest BCUT2D eigenvalue weighted by molar-refractivity contribution is -0.119. The van der Waals surface area contributed by atoms with E-state index in [2.05, 4.69) is 5.32 Å². The number of methoxy groups -OCH3 is 1. The van der Waals surface area contributed by atoms with Crippen LogP contribution in [0.25, 0.3) is 0 Å². The van der Waals surface area contributed by atoms with E-state index < -0.39 is 18.5 Å². The summed E-state index contributed by atoms with van der Waals surface area (Å²) in [5.74, 6) is 0.429. The van der Waals surface area contributed by atoms with Crippen molar-refractivity contribution < 1.29 is 28.5 Å². The number of amides is 1. The van der Waals surface area contributed by atoms with Gasteiger partial charge in [-0.25, -0.2) is 4.79 Å². The number of benzene rings is 2. The summed E-state index contributed by atoms with van der Waals surface area (Å²) in [4.78, 5) is 24.6. The van der Waals surface area contributed by atoms with Crippen LogP contribution in [0.5, 0.6) is 17.2 Å². The quantitative estimate of drug-likeness (QED) is 0.768. The average Bonchev–Trinajstić information content (AvgIpc) is 2.71. The topological polar surface area (TPSA) is 83.1 Å². The molecule has 28 heavy (non-hydrogen) atoms. The van der Waals surface area contributed by atoms with Crippen molar-refractivity contribution in [1.82, 2.24) is 0 Å². The van der Waals surface area contributed by atoms with E-state index in [1.165, 1.54) is 19.2 Å². The number of rotatable bonds is 6. The van der Waals surface area contributed by atoms with Crippen LogP contribution in [0.4, 0.5) is 5.69 Å². The normalized spacial score (nSPS) is 12.4. The third-order valence-corrected chi connectivity index (χ3v) is 4.25. The number of para-hydroxylation sites is 1. The van der Waals surface area contributed by atoms with Crippen LogP contribution in [0.15, 0.2) is 36.4 Å². The van der Waals surface area contributed by atoms with Gasteiger partial charge >= 0.3 is 5.97 Å². The van der Waals surface area contributed by atoms with Crippen molar-refractivity contribution in [2.75, 3.05) is 32.2 Å². The Morgan fingerprint density at radius 1 is 1.14 bits per heavy atom. The zero-order chi connectivity index (χ0) is 20.1. The van der Waals surface area contributed by atoms with E-state index in [0.717, 1.165) is 5.56 Å². The number of carbonyl (C=O) groups is 2. The van der Waals surface area contributed by atoms with Crippen LogP contribution in [0.1, 0.15) is 35.7 Å². The van der Waals surface area contributed by atoms with E-state index in [9.17, 15) is 9.59 Å². The first-order valence-electron chi connectivity index (χ1n) is 9.03. The van der Waals surface area contributed by atoms with Crippen molar-refractivity contribution in [3.8, 4) is 17.2 Å². The first-order valence-corrected chi connectivity index (χ1v) is 9.03. The highest BCUT2D eigenvalue weighted by molar-refractivity contribution is 5.96. The molecule has 0 atom stereocenters. The summed E-state index contributed by atoms with van der Waals surface area (Å²) in [5, 5.41) is 2.79. The van der Waals surface area contributed by atoms with Crippen LogP contribution in [-0.2, 0) is 9.53 Å². The number of fused-ring (bicyclic) bond motifs is 1. The molecule has 0 aliphatic carbocycles. The van der Waals surface area contributed by atoms with Gasteiger partial charge in [0.25, 0.3) is 5.91 Å². The molecule has 1 aliphatic rings. The first-order chi connectivity index (χ1) is 13.5. The number of ether oxygens (including phenoxy) is 4. The first kappa shape index (κ1) is 19.5. The van der Waals surface area contributed by atoms with Gasteiger partial charge in [0.15, 0.2) is 18.1 Å². The van der Waals surface area contributed by atoms with Gasteiger partial charge in [-0.15, -0.1) is 0 Å². The molecule has 1 amide bonds. The molecule has 0 fully saturated rings. The van der Waals surface area contributed by atoms with Crippen LogP contribution < -0.4 is 19.5 Å². The summed E-state index contributed by atoms with van der Waals surface area (Å²) >= 11 is 0. The number of hydrogen-bond donors (Lipinski definition) is 1. The van der Waals surface area contributed by atoms with E-state index in [0.29, 0.717) is 36.1 Å². The van der Waals surface area contributed by atoms with Gasteiger partial charge in [-0.2, -0.15) is 0 Å². The molecule has 3 rings (SSSR count). The highest BCUT2D eigenvalue weighted by atomic mass is 16.6. The molecule has 0 spiro atoms. The lowest BCUT2D eigenvalue weighted by Gasteiger charge is -2.21. The maximum atomic E-state index is 12.4. The fourth-order valence-corrected chi connectivity index (χ4v) is 2.91. The monoisotopic (exact) mass is 385 g/mol. The standard InChI is InChI=1S/C21H23NO6/c1-13(2)15-6-4-5-7-16(15)22-19(23)12-28-21(24)14-10-17(25-3)20-18(11-14)26-8-9-27-20/h4-7,10-11,13H,8-9,12H2,1-3H3,(H,22,23). The number of anilines is 1. The predicted octanol–water partition coefficient (Wildman–Crippen LogP) is 3.39. The van der Waals surface area contributed by atoms with Gasteiger partial charge in [-0.05, 0) is 29.7 Å². The predicted molar refractivity (Wildman–Crippen MR) is 103 cm³/mol. The zero-order valence-corrected chi connectivity index (χ0v) is 16.1. The molecule has 0 radical (unpaired) electrons. The lowest BCUT2D eigenvalue weighted by atomic mass is 10.0. The van der Waals surface area contributed by atoms with E-state index in [1.807, 2.05) is 38.1 Å². The molecule has 7 nitrogen and oxygen atoms in total. The number of hydrogen-bond acceptors (Lipinski definition) is 6.